The minimum Gasteiger partial charge on any atom is -0.491 e. The zero-order chi connectivity index (χ0) is 13.7. The molecule has 2 rings (SSSR count). The number of carboxylic acid groups (broad SMARTS) is 1. The molecule has 5 heteroatoms. The van der Waals surface area contributed by atoms with Crippen molar-refractivity contribution in [3.8, 4) is 11.8 Å². The van der Waals surface area contributed by atoms with Crippen LogP contribution in [-0.4, -0.2) is 29.9 Å². The smallest absolute Gasteiger partial charge is 0.332 e. The molecule has 1 heterocycles. The first-order valence-electron chi connectivity index (χ1n) is 6.16. The molecule has 1 aliphatic heterocycles. The quantitative estimate of drug-likeness (QED) is 0.873. The zero-order valence-electron chi connectivity index (χ0n) is 10.4. The van der Waals surface area contributed by atoms with E-state index in [2.05, 4.69) is 6.07 Å². The van der Waals surface area contributed by atoms with Gasteiger partial charge in [0.25, 0.3) is 0 Å². The number of hydrogen-bond donors (Lipinski definition) is 1. The van der Waals surface area contributed by atoms with E-state index < -0.39 is 12.1 Å². The highest BCUT2D eigenvalue weighted by Crippen LogP contribution is 2.21. The van der Waals surface area contributed by atoms with E-state index in [1.165, 1.54) is 0 Å². The predicted molar refractivity (Wildman–Crippen MR) is 66.8 cm³/mol. The average Bonchev–Trinajstić information content (AvgIpc) is 2.87. The Labute approximate surface area is 111 Å². The number of nitrogens with zero attached hydrogens (tertiary/aromatic N) is 1. The van der Waals surface area contributed by atoms with Crippen LogP contribution in [0.25, 0.3) is 0 Å². The first-order valence-corrected chi connectivity index (χ1v) is 6.16. The maximum atomic E-state index is 10.7. The molecule has 1 fully saturated rings. The van der Waals surface area contributed by atoms with Crippen molar-refractivity contribution in [3.05, 3.63) is 29.8 Å². The molecule has 0 amide bonds. The highest BCUT2D eigenvalue weighted by Gasteiger charge is 2.30. The molecule has 1 saturated heterocycles. The van der Waals surface area contributed by atoms with Gasteiger partial charge in [-0.3, -0.25) is 0 Å². The van der Waals surface area contributed by atoms with Crippen LogP contribution in [0.5, 0.6) is 5.75 Å². The Morgan fingerprint density at radius 2 is 2.16 bits per heavy atom. The van der Waals surface area contributed by atoms with Gasteiger partial charge in [-0.1, -0.05) is 12.1 Å². The monoisotopic (exact) mass is 261 g/mol. The molecule has 5 nitrogen and oxygen atoms in total. The van der Waals surface area contributed by atoms with Gasteiger partial charge in [0.1, 0.15) is 12.4 Å². The van der Waals surface area contributed by atoms with Crippen LogP contribution in [-0.2, 0) is 16.0 Å². The summed E-state index contributed by atoms with van der Waals surface area (Å²) in [7, 11) is 0. The fraction of sp³-hybridized carbons (Fsp3) is 0.429. The SMILES string of the molecule is N#CCc1ccc(OCC2CCC(C(=O)O)O2)cc1. The molecule has 0 aliphatic carbocycles. The van der Waals surface area contributed by atoms with E-state index in [9.17, 15) is 4.79 Å². The lowest BCUT2D eigenvalue weighted by Crippen LogP contribution is -2.23. The van der Waals surface area contributed by atoms with Gasteiger partial charge in [0.05, 0.1) is 18.6 Å². The lowest BCUT2D eigenvalue weighted by molar-refractivity contribution is -0.149. The van der Waals surface area contributed by atoms with Crippen LogP contribution in [0.2, 0.25) is 0 Å². The Morgan fingerprint density at radius 3 is 2.74 bits per heavy atom. The van der Waals surface area contributed by atoms with Crippen molar-refractivity contribution >= 4 is 5.97 Å². The van der Waals surface area contributed by atoms with Crippen LogP contribution in [0.15, 0.2) is 24.3 Å². The molecule has 0 radical (unpaired) electrons. The highest BCUT2D eigenvalue weighted by atomic mass is 16.6. The highest BCUT2D eigenvalue weighted by molar-refractivity contribution is 5.72. The summed E-state index contributed by atoms with van der Waals surface area (Å²) < 4.78 is 10.9. The Bertz CT molecular complexity index is 477. The zero-order valence-corrected chi connectivity index (χ0v) is 10.4. The Kier molecular flexibility index (Phi) is 4.37. The second-order valence-electron chi connectivity index (χ2n) is 4.45. The van der Waals surface area contributed by atoms with Gasteiger partial charge in [-0.2, -0.15) is 5.26 Å². The van der Waals surface area contributed by atoms with Crippen LogP contribution >= 0.6 is 0 Å². The Hall–Kier alpha value is -2.06. The molecule has 2 unspecified atom stereocenters. The summed E-state index contributed by atoms with van der Waals surface area (Å²) in [4.78, 5) is 10.7. The van der Waals surface area contributed by atoms with Crippen molar-refractivity contribution in [2.24, 2.45) is 0 Å². The summed E-state index contributed by atoms with van der Waals surface area (Å²) in [6, 6.07) is 9.37. The van der Waals surface area contributed by atoms with E-state index in [-0.39, 0.29) is 6.10 Å². The van der Waals surface area contributed by atoms with E-state index in [0.29, 0.717) is 31.6 Å². The van der Waals surface area contributed by atoms with Gasteiger partial charge in [-0.15, -0.1) is 0 Å². The lowest BCUT2D eigenvalue weighted by atomic mass is 10.1. The van der Waals surface area contributed by atoms with Crippen molar-refractivity contribution in [3.63, 3.8) is 0 Å². The van der Waals surface area contributed by atoms with Crippen LogP contribution in [0.4, 0.5) is 0 Å². The van der Waals surface area contributed by atoms with Crippen molar-refractivity contribution in [2.45, 2.75) is 31.5 Å². The summed E-state index contributed by atoms with van der Waals surface area (Å²) in [6.07, 6.45) is 0.742. The second kappa shape index (κ2) is 6.21. The number of ether oxygens (including phenoxy) is 2. The number of benzene rings is 1. The molecule has 1 aromatic carbocycles. The fourth-order valence-corrected chi connectivity index (χ4v) is 1.99. The fourth-order valence-electron chi connectivity index (χ4n) is 1.99. The minimum atomic E-state index is -0.914. The summed E-state index contributed by atoms with van der Waals surface area (Å²) in [6.45, 7) is 0.349. The van der Waals surface area contributed by atoms with Crippen molar-refractivity contribution < 1.29 is 19.4 Å². The number of hydrogen-bond acceptors (Lipinski definition) is 4. The van der Waals surface area contributed by atoms with Crippen LogP contribution in [0.1, 0.15) is 18.4 Å². The summed E-state index contributed by atoms with van der Waals surface area (Å²) >= 11 is 0. The number of carboxylic acids is 1. The third-order valence-corrected chi connectivity index (χ3v) is 3.03. The molecule has 19 heavy (non-hydrogen) atoms. The largest absolute Gasteiger partial charge is 0.491 e. The van der Waals surface area contributed by atoms with Crippen LogP contribution < -0.4 is 4.74 Å². The molecule has 2 atom stereocenters. The van der Waals surface area contributed by atoms with E-state index in [1.54, 1.807) is 12.1 Å². The first-order chi connectivity index (χ1) is 9.19. The molecule has 0 bridgehead atoms. The van der Waals surface area contributed by atoms with Gasteiger partial charge in [0, 0.05) is 0 Å². The number of nitriles is 1. The average molecular weight is 261 g/mol. The van der Waals surface area contributed by atoms with Gasteiger partial charge < -0.3 is 14.6 Å². The van der Waals surface area contributed by atoms with Crippen LogP contribution in [0.3, 0.4) is 0 Å². The summed E-state index contributed by atoms with van der Waals surface area (Å²) in [5.74, 6) is -0.215. The van der Waals surface area contributed by atoms with Crippen LogP contribution in [0, 0.1) is 11.3 Å². The molecule has 0 saturated carbocycles. The summed E-state index contributed by atoms with van der Waals surface area (Å²) in [5.41, 5.74) is 0.943. The molecular formula is C14H15NO4. The normalized spacial score (nSPS) is 21.8. The van der Waals surface area contributed by atoms with Gasteiger partial charge in [0.2, 0.25) is 0 Å². The van der Waals surface area contributed by atoms with Crippen molar-refractivity contribution in [1.82, 2.24) is 0 Å². The molecule has 0 aromatic heterocycles. The molecular weight excluding hydrogens is 246 g/mol. The van der Waals surface area contributed by atoms with Gasteiger partial charge in [-0.25, -0.2) is 4.79 Å². The molecule has 1 aromatic rings. The van der Waals surface area contributed by atoms with E-state index in [1.807, 2.05) is 12.1 Å². The Morgan fingerprint density at radius 1 is 1.42 bits per heavy atom. The topological polar surface area (TPSA) is 79.5 Å². The van der Waals surface area contributed by atoms with E-state index in [0.717, 1.165) is 5.56 Å². The van der Waals surface area contributed by atoms with Crippen molar-refractivity contribution in [1.29, 1.82) is 5.26 Å². The van der Waals surface area contributed by atoms with Gasteiger partial charge in [-0.05, 0) is 30.5 Å². The summed E-state index contributed by atoms with van der Waals surface area (Å²) in [5, 5.41) is 17.4. The predicted octanol–water partition coefficient (Wildman–Crippen LogP) is 1.76. The molecule has 1 aliphatic rings. The number of carbonyl (C=O) groups is 1. The standard InChI is InChI=1S/C14H15NO4/c15-8-7-10-1-3-11(4-2-10)18-9-12-5-6-13(19-12)14(16)17/h1-4,12-13H,5-7,9H2,(H,16,17). The molecule has 1 N–H and O–H groups in total. The third-order valence-electron chi connectivity index (χ3n) is 3.03. The maximum Gasteiger partial charge on any atom is 0.332 e. The van der Waals surface area contributed by atoms with Gasteiger partial charge in [0.15, 0.2) is 6.10 Å². The third kappa shape index (κ3) is 3.70. The maximum absolute atomic E-state index is 10.7. The number of aliphatic carboxylic acids is 1. The number of rotatable bonds is 5. The van der Waals surface area contributed by atoms with Gasteiger partial charge >= 0.3 is 5.97 Å². The van der Waals surface area contributed by atoms with Crippen molar-refractivity contribution in [2.75, 3.05) is 6.61 Å². The Balaban J connectivity index is 1.80. The molecule has 0 spiro atoms. The minimum absolute atomic E-state index is 0.167. The lowest BCUT2D eigenvalue weighted by Gasteiger charge is -2.12. The second-order valence-corrected chi connectivity index (χ2v) is 4.45. The molecule has 100 valence electrons. The van der Waals surface area contributed by atoms with E-state index in [4.69, 9.17) is 19.8 Å². The van der Waals surface area contributed by atoms with E-state index >= 15 is 0 Å². The first kappa shape index (κ1) is 13.4.